The van der Waals surface area contributed by atoms with Gasteiger partial charge in [0.15, 0.2) is 0 Å². The number of carbonyl (C=O) groups excluding carboxylic acids is 1. The van der Waals surface area contributed by atoms with E-state index < -0.39 is 5.97 Å². The Morgan fingerprint density at radius 1 is 1.29 bits per heavy atom. The monoisotopic (exact) mass is 285 g/mol. The van der Waals surface area contributed by atoms with Crippen LogP contribution in [0.25, 0.3) is 0 Å². The maximum atomic E-state index is 11.6. The fourth-order valence-electron chi connectivity index (χ4n) is 2.03. The summed E-state index contributed by atoms with van der Waals surface area (Å²) in [7, 11) is 1.35. The Bertz CT molecular complexity index is 587. The summed E-state index contributed by atoms with van der Waals surface area (Å²) in [5.41, 5.74) is 7.65. The second-order valence-corrected chi connectivity index (χ2v) is 4.62. The van der Waals surface area contributed by atoms with Crippen molar-refractivity contribution in [3.05, 3.63) is 59.8 Å². The van der Waals surface area contributed by atoms with E-state index in [0.717, 1.165) is 12.0 Å². The molecule has 5 heteroatoms. The van der Waals surface area contributed by atoms with Crippen molar-refractivity contribution in [2.75, 3.05) is 19.0 Å². The van der Waals surface area contributed by atoms with Gasteiger partial charge in [0.2, 0.25) is 0 Å². The van der Waals surface area contributed by atoms with Crippen LogP contribution in [-0.2, 0) is 4.74 Å². The molecule has 1 atom stereocenters. The zero-order valence-electron chi connectivity index (χ0n) is 12.0. The lowest BCUT2D eigenvalue weighted by molar-refractivity contribution is 0.0601. The van der Waals surface area contributed by atoms with Gasteiger partial charge in [0.25, 0.3) is 0 Å². The number of carbonyl (C=O) groups is 1. The summed E-state index contributed by atoms with van der Waals surface area (Å²) in [5, 5.41) is 3.14. The molecule has 3 N–H and O–H groups in total. The highest BCUT2D eigenvalue weighted by atomic mass is 16.5. The number of pyridine rings is 1. The van der Waals surface area contributed by atoms with Crippen molar-refractivity contribution >= 4 is 11.8 Å². The van der Waals surface area contributed by atoms with E-state index >= 15 is 0 Å². The molecule has 0 fully saturated rings. The molecule has 1 aromatic heterocycles. The number of esters is 1. The standard InChI is InChI=1S/C16H19N3O2/c1-21-16(20)13-8-5-10-18-15(13)19-11-9-14(17)12-6-3-2-4-7-12/h2-8,10,14H,9,11,17H2,1H3,(H,18,19). The number of aromatic nitrogens is 1. The van der Waals surface area contributed by atoms with Crippen molar-refractivity contribution in [3.63, 3.8) is 0 Å². The minimum absolute atomic E-state index is 0.0519. The second-order valence-electron chi connectivity index (χ2n) is 4.62. The Morgan fingerprint density at radius 2 is 2.05 bits per heavy atom. The molecule has 0 aliphatic carbocycles. The van der Waals surface area contributed by atoms with Crippen LogP contribution in [-0.4, -0.2) is 24.6 Å². The van der Waals surface area contributed by atoms with Crippen molar-refractivity contribution in [2.24, 2.45) is 5.73 Å². The third-order valence-electron chi connectivity index (χ3n) is 3.19. The molecule has 2 aromatic rings. The van der Waals surface area contributed by atoms with Gasteiger partial charge in [-0.2, -0.15) is 0 Å². The summed E-state index contributed by atoms with van der Waals surface area (Å²) in [6, 6.07) is 13.2. The highest BCUT2D eigenvalue weighted by Gasteiger charge is 2.12. The van der Waals surface area contributed by atoms with Gasteiger partial charge in [0.1, 0.15) is 11.4 Å². The summed E-state index contributed by atoms with van der Waals surface area (Å²) < 4.78 is 4.73. The van der Waals surface area contributed by atoms with E-state index in [4.69, 9.17) is 10.5 Å². The van der Waals surface area contributed by atoms with Gasteiger partial charge >= 0.3 is 5.97 Å². The molecule has 2 rings (SSSR count). The van der Waals surface area contributed by atoms with E-state index in [9.17, 15) is 4.79 Å². The fraction of sp³-hybridized carbons (Fsp3) is 0.250. The van der Waals surface area contributed by atoms with Crippen LogP contribution in [0.15, 0.2) is 48.7 Å². The SMILES string of the molecule is COC(=O)c1cccnc1NCCC(N)c1ccccc1. The van der Waals surface area contributed by atoms with Gasteiger partial charge in [-0.15, -0.1) is 0 Å². The molecule has 110 valence electrons. The minimum atomic E-state index is -0.405. The minimum Gasteiger partial charge on any atom is -0.465 e. The van der Waals surface area contributed by atoms with Crippen LogP contribution < -0.4 is 11.1 Å². The number of hydrogen-bond acceptors (Lipinski definition) is 5. The normalized spacial score (nSPS) is 11.7. The number of hydrogen-bond donors (Lipinski definition) is 2. The molecular weight excluding hydrogens is 266 g/mol. The summed E-state index contributed by atoms with van der Waals surface area (Å²) in [6.45, 7) is 0.622. The van der Waals surface area contributed by atoms with Gasteiger partial charge in [0.05, 0.1) is 7.11 Å². The fourth-order valence-corrected chi connectivity index (χ4v) is 2.03. The average molecular weight is 285 g/mol. The number of nitrogens with one attached hydrogen (secondary N) is 1. The van der Waals surface area contributed by atoms with Crippen LogP contribution in [0, 0.1) is 0 Å². The van der Waals surface area contributed by atoms with Crippen LogP contribution in [0.2, 0.25) is 0 Å². The number of nitrogens with two attached hydrogens (primary N) is 1. The quantitative estimate of drug-likeness (QED) is 0.797. The maximum absolute atomic E-state index is 11.6. The molecule has 1 heterocycles. The molecule has 0 radical (unpaired) electrons. The third-order valence-corrected chi connectivity index (χ3v) is 3.19. The van der Waals surface area contributed by atoms with Gasteiger partial charge in [-0.25, -0.2) is 9.78 Å². The number of ether oxygens (including phenoxy) is 1. The highest BCUT2D eigenvalue weighted by Crippen LogP contribution is 2.16. The molecule has 0 amide bonds. The number of rotatable bonds is 6. The Morgan fingerprint density at radius 3 is 2.76 bits per heavy atom. The van der Waals surface area contributed by atoms with Crippen LogP contribution in [0.1, 0.15) is 28.4 Å². The first-order chi connectivity index (χ1) is 10.2. The number of nitrogens with zero attached hydrogens (tertiary/aromatic N) is 1. The third kappa shape index (κ3) is 4.03. The maximum Gasteiger partial charge on any atom is 0.341 e. The molecular formula is C16H19N3O2. The Labute approximate surface area is 124 Å². The molecule has 1 aromatic carbocycles. The van der Waals surface area contributed by atoms with Crippen molar-refractivity contribution in [1.82, 2.24) is 4.98 Å². The summed E-state index contributed by atoms with van der Waals surface area (Å²) in [6.07, 6.45) is 2.37. The molecule has 0 spiro atoms. The molecule has 0 aliphatic heterocycles. The van der Waals surface area contributed by atoms with Crippen molar-refractivity contribution < 1.29 is 9.53 Å². The summed E-state index contributed by atoms with van der Waals surface area (Å²) in [5.74, 6) is 0.113. The lowest BCUT2D eigenvalue weighted by atomic mass is 10.1. The van der Waals surface area contributed by atoms with Crippen LogP contribution in [0.4, 0.5) is 5.82 Å². The Hall–Kier alpha value is -2.40. The first-order valence-electron chi connectivity index (χ1n) is 6.80. The van der Waals surface area contributed by atoms with Gasteiger partial charge in [-0.3, -0.25) is 0 Å². The van der Waals surface area contributed by atoms with E-state index in [-0.39, 0.29) is 6.04 Å². The lowest BCUT2D eigenvalue weighted by Gasteiger charge is -2.14. The Kier molecular flexibility index (Phi) is 5.29. The van der Waals surface area contributed by atoms with E-state index in [2.05, 4.69) is 10.3 Å². The summed E-state index contributed by atoms with van der Waals surface area (Å²) >= 11 is 0. The van der Waals surface area contributed by atoms with Gasteiger partial charge < -0.3 is 15.8 Å². The van der Waals surface area contributed by atoms with Crippen LogP contribution in [0.3, 0.4) is 0 Å². The van der Waals surface area contributed by atoms with E-state index in [0.29, 0.717) is 17.9 Å². The predicted octanol–water partition coefficient (Wildman–Crippen LogP) is 2.37. The lowest BCUT2D eigenvalue weighted by Crippen LogP contribution is -2.17. The molecule has 5 nitrogen and oxygen atoms in total. The first-order valence-corrected chi connectivity index (χ1v) is 6.80. The van der Waals surface area contributed by atoms with Gasteiger partial charge in [-0.05, 0) is 24.1 Å². The predicted molar refractivity (Wildman–Crippen MR) is 82.1 cm³/mol. The molecule has 0 aliphatic rings. The largest absolute Gasteiger partial charge is 0.465 e. The highest BCUT2D eigenvalue weighted by molar-refractivity contribution is 5.94. The first kappa shape index (κ1) is 15.0. The zero-order chi connectivity index (χ0) is 15.1. The topological polar surface area (TPSA) is 77.2 Å². The van der Waals surface area contributed by atoms with E-state index in [1.807, 2.05) is 30.3 Å². The van der Waals surface area contributed by atoms with Crippen molar-refractivity contribution in [2.45, 2.75) is 12.5 Å². The number of benzene rings is 1. The molecule has 0 saturated carbocycles. The van der Waals surface area contributed by atoms with Gasteiger partial charge in [-0.1, -0.05) is 30.3 Å². The molecule has 1 unspecified atom stereocenters. The van der Waals surface area contributed by atoms with Crippen molar-refractivity contribution in [3.8, 4) is 0 Å². The molecule has 21 heavy (non-hydrogen) atoms. The average Bonchev–Trinajstić information content (AvgIpc) is 2.55. The number of methoxy groups -OCH3 is 1. The van der Waals surface area contributed by atoms with Crippen LogP contribution in [0.5, 0.6) is 0 Å². The molecule has 0 saturated heterocycles. The van der Waals surface area contributed by atoms with Gasteiger partial charge in [0, 0.05) is 18.8 Å². The van der Waals surface area contributed by atoms with Crippen LogP contribution >= 0.6 is 0 Å². The van der Waals surface area contributed by atoms with E-state index in [1.54, 1.807) is 18.3 Å². The smallest absolute Gasteiger partial charge is 0.341 e. The second kappa shape index (κ2) is 7.40. The molecule has 0 bridgehead atoms. The summed E-state index contributed by atoms with van der Waals surface area (Å²) in [4.78, 5) is 15.8. The van der Waals surface area contributed by atoms with Crippen molar-refractivity contribution in [1.29, 1.82) is 0 Å². The number of anilines is 1. The zero-order valence-corrected chi connectivity index (χ0v) is 12.0. The Balaban J connectivity index is 1.93. The van der Waals surface area contributed by atoms with E-state index in [1.165, 1.54) is 7.11 Å².